The van der Waals surface area contributed by atoms with Crippen LogP contribution in [-0.4, -0.2) is 67.5 Å². The lowest BCUT2D eigenvalue weighted by molar-refractivity contribution is 0.0682. The Morgan fingerprint density at radius 2 is 1.96 bits per heavy atom. The topological polar surface area (TPSA) is 82.6 Å². The summed E-state index contributed by atoms with van der Waals surface area (Å²) in [5.74, 6) is 1.81. The summed E-state index contributed by atoms with van der Waals surface area (Å²) in [4.78, 5) is 18.9. The molecule has 0 aliphatic carbocycles. The van der Waals surface area contributed by atoms with Gasteiger partial charge in [-0.25, -0.2) is 17.7 Å². The lowest BCUT2D eigenvalue weighted by atomic mass is 9.98. The van der Waals surface area contributed by atoms with Crippen molar-refractivity contribution in [3.8, 4) is 0 Å². The molecular formula is C19H30N4O3S. The van der Waals surface area contributed by atoms with E-state index in [-0.39, 0.29) is 5.91 Å². The van der Waals surface area contributed by atoms with Gasteiger partial charge in [0.1, 0.15) is 5.82 Å². The molecule has 7 nitrogen and oxygen atoms in total. The second-order valence-corrected chi connectivity index (χ2v) is 9.90. The molecule has 3 heterocycles. The summed E-state index contributed by atoms with van der Waals surface area (Å²) in [5.41, 5.74) is 0.635. The van der Waals surface area contributed by atoms with Gasteiger partial charge in [-0.15, -0.1) is 0 Å². The SMILES string of the molecule is C[C@H]1CCCN(C(=O)c2ccc(NCC3CCN(S(C)(=O)=O)CC3)nc2)C1. The molecule has 2 aliphatic rings. The number of nitrogens with zero attached hydrogens (tertiary/aromatic N) is 3. The number of rotatable bonds is 5. The standard InChI is InChI=1S/C19H30N4O3S/c1-15-4-3-9-22(14-15)19(24)17-5-6-18(21-13-17)20-12-16-7-10-23(11-8-16)27(2,25)26/h5-6,13,15-16H,3-4,7-12,14H2,1-2H3,(H,20,21)/t15-/m0/s1. The molecule has 8 heteroatoms. The third-order valence-electron chi connectivity index (χ3n) is 5.57. The number of sulfonamides is 1. The summed E-state index contributed by atoms with van der Waals surface area (Å²) in [7, 11) is -3.08. The van der Waals surface area contributed by atoms with Crippen LogP contribution in [0.25, 0.3) is 0 Å². The average molecular weight is 395 g/mol. The molecule has 0 spiro atoms. The first-order chi connectivity index (χ1) is 12.8. The van der Waals surface area contributed by atoms with Gasteiger partial charge < -0.3 is 10.2 Å². The van der Waals surface area contributed by atoms with Crippen molar-refractivity contribution in [2.45, 2.75) is 32.6 Å². The average Bonchev–Trinajstić information content (AvgIpc) is 2.66. The van der Waals surface area contributed by atoms with Crippen molar-refractivity contribution in [1.29, 1.82) is 0 Å². The number of pyridine rings is 1. The van der Waals surface area contributed by atoms with E-state index in [0.717, 1.165) is 44.7 Å². The molecule has 3 rings (SSSR count). The first kappa shape index (κ1) is 20.1. The maximum absolute atomic E-state index is 12.6. The Balaban J connectivity index is 1.48. The molecule has 2 aliphatic heterocycles. The number of hydrogen-bond donors (Lipinski definition) is 1. The minimum absolute atomic E-state index is 0.0637. The van der Waals surface area contributed by atoms with Crippen LogP contribution in [0.15, 0.2) is 18.3 Å². The van der Waals surface area contributed by atoms with Gasteiger partial charge in [0.25, 0.3) is 5.91 Å². The summed E-state index contributed by atoms with van der Waals surface area (Å²) < 4.78 is 24.7. The predicted octanol–water partition coefficient (Wildman–Crippen LogP) is 2.04. The van der Waals surface area contributed by atoms with E-state index >= 15 is 0 Å². The monoisotopic (exact) mass is 394 g/mol. The highest BCUT2D eigenvalue weighted by Gasteiger charge is 2.25. The minimum atomic E-state index is -3.08. The fourth-order valence-corrected chi connectivity index (χ4v) is 4.75. The molecule has 0 aromatic carbocycles. The van der Waals surface area contributed by atoms with Crippen LogP contribution in [0.1, 0.15) is 43.0 Å². The Hall–Kier alpha value is -1.67. The van der Waals surface area contributed by atoms with E-state index in [1.807, 2.05) is 17.0 Å². The third kappa shape index (κ3) is 5.42. The van der Waals surface area contributed by atoms with Crippen LogP contribution in [0, 0.1) is 11.8 Å². The number of amides is 1. The first-order valence-electron chi connectivity index (χ1n) is 9.77. The lowest BCUT2D eigenvalue weighted by Crippen LogP contribution is -2.39. The Bertz CT molecular complexity index is 743. The van der Waals surface area contributed by atoms with Gasteiger partial charge in [0.2, 0.25) is 10.0 Å². The molecule has 1 aromatic heterocycles. The van der Waals surface area contributed by atoms with Crippen molar-refractivity contribution in [1.82, 2.24) is 14.2 Å². The minimum Gasteiger partial charge on any atom is -0.370 e. The highest BCUT2D eigenvalue weighted by atomic mass is 32.2. The number of nitrogens with one attached hydrogen (secondary N) is 1. The fraction of sp³-hybridized carbons (Fsp3) is 0.684. The number of aromatic nitrogens is 1. The van der Waals surface area contributed by atoms with E-state index in [9.17, 15) is 13.2 Å². The van der Waals surface area contributed by atoms with E-state index in [0.29, 0.717) is 30.5 Å². The number of carbonyl (C=O) groups is 1. The molecular weight excluding hydrogens is 364 g/mol. The molecule has 1 aromatic rings. The zero-order chi connectivity index (χ0) is 19.4. The van der Waals surface area contributed by atoms with Crippen LogP contribution >= 0.6 is 0 Å². The van der Waals surface area contributed by atoms with Crippen molar-refractivity contribution in [3.05, 3.63) is 23.9 Å². The number of likely N-dealkylation sites (tertiary alicyclic amines) is 1. The smallest absolute Gasteiger partial charge is 0.255 e. The van der Waals surface area contributed by atoms with Gasteiger partial charge in [-0.3, -0.25) is 4.79 Å². The van der Waals surface area contributed by atoms with Crippen LogP contribution in [0.2, 0.25) is 0 Å². The van der Waals surface area contributed by atoms with Crippen molar-refractivity contribution < 1.29 is 13.2 Å². The Morgan fingerprint density at radius 1 is 1.22 bits per heavy atom. The molecule has 150 valence electrons. The molecule has 2 fully saturated rings. The maximum Gasteiger partial charge on any atom is 0.255 e. The van der Waals surface area contributed by atoms with Crippen molar-refractivity contribution in [2.24, 2.45) is 11.8 Å². The van der Waals surface area contributed by atoms with Crippen molar-refractivity contribution in [2.75, 3.05) is 44.3 Å². The highest BCUT2D eigenvalue weighted by Crippen LogP contribution is 2.20. The largest absolute Gasteiger partial charge is 0.370 e. The Kier molecular flexibility index (Phi) is 6.37. The number of piperidine rings is 2. The second-order valence-electron chi connectivity index (χ2n) is 7.92. The lowest BCUT2D eigenvalue weighted by Gasteiger charge is -2.31. The summed E-state index contributed by atoms with van der Waals surface area (Å²) >= 11 is 0. The maximum atomic E-state index is 12.6. The van der Waals surface area contributed by atoms with Crippen molar-refractivity contribution in [3.63, 3.8) is 0 Å². The Labute approximate surface area is 162 Å². The van der Waals surface area contributed by atoms with Gasteiger partial charge in [0.15, 0.2) is 0 Å². The molecule has 0 radical (unpaired) electrons. The predicted molar refractivity (Wildman–Crippen MR) is 106 cm³/mol. The summed E-state index contributed by atoms with van der Waals surface area (Å²) in [6.07, 6.45) is 6.87. The number of anilines is 1. The van der Waals surface area contributed by atoms with E-state index < -0.39 is 10.0 Å². The third-order valence-corrected chi connectivity index (χ3v) is 6.87. The van der Waals surface area contributed by atoms with Crippen LogP contribution < -0.4 is 5.32 Å². The molecule has 0 bridgehead atoms. The van der Waals surface area contributed by atoms with Crippen LogP contribution in [-0.2, 0) is 10.0 Å². The summed E-state index contributed by atoms with van der Waals surface area (Å²) in [5, 5.41) is 3.32. The summed E-state index contributed by atoms with van der Waals surface area (Å²) in [6, 6.07) is 3.69. The van der Waals surface area contributed by atoms with Gasteiger partial charge in [-0.2, -0.15) is 0 Å². The fourth-order valence-electron chi connectivity index (χ4n) is 3.88. The molecule has 27 heavy (non-hydrogen) atoms. The molecule has 1 atom stereocenters. The molecule has 2 saturated heterocycles. The van der Waals surface area contributed by atoms with Crippen LogP contribution in [0.3, 0.4) is 0 Å². The zero-order valence-electron chi connectivity index (χ0n) is 16.2. The van der Waals surface area contributed by atoms with Crippen LogP contribution in [0.4, 0.5) is 5.82 Å². The van der Waals surface area contributed by atoms with Gasteiger partial charge in [0.05, 0.1) is 11.8 Å². The summed E-state index contributed by atoms with van der Waals surface area (Å²) in [6.45, 7) is 5.77. The van der Waals surface area contributed by atoms with Crippen molar-refractivity contribution >= 4 is 21.7 Å². The number of hydrogen-bond acceptors (Lipinski definition) is 5. The van der Waals surface area contributed by atoms with Gasteiger partial charge in [0, 0.05) is 38.9 Å². The highest BCUT2D eigenvalue weighted by molar-refractivity contribution is 7.88. The molecule has 1 N–H and O–H groups in total. The van der Waals surface area contributed by atoms with E-state index in [2.05, 4.69) is 17.2 Å². The van der Waals surface area contributed by atoms with E-state index in [1.54, 1.807) is 10.5 Å². The second kappa shape index (κ2) is 8.56. The quantitative estimate of drug-likeness (QED) is 0.826. The number of carbonyl (C=O) groups excluding carboxylic acids is 1. The molecule has 0 saturated carbocycles. The van der Waals surface area contributed by atoms with Crippen LogP contribution in [0.5, 0.6) is 0 Å². The Morgan fingerprint density at radius 3 is 2.56 bits per heavy atom. The van der Waals surface area contributed by atoms with E-state index in [1.165, 1.54) is 12.7 Å². The van der Waals surface area contributed by atoms with Gasteiger partial charge in [-0.1, -0.05) is 6.92 Å². The zero-order valence-corrected chi connectivity index (χ0v) is 17.0. The molecule has 0 unspecified atom stereocenters. The first-order valence-corrected chi connectivity index (χ1v) is 11.6. The normalized spacial score (nSPS) is 22.6. The van der Waals surface area contributed by atoms with Gasteiger partial charge >= 0.3 is 0 Å². The molecule has 1 amide bonds. The van der Waals surface area contributed by atoms with E-state index in [4.69, 9.17) is 0 Å². The van der Waals surface area contributed by atoms with Gasteiger partial charge in [-0.05, 0) is 49.7 Å².